The molecule has 1 N–H and O–H groups in total. The first-order valence-corrected chi connectivity index (χ1v) is 8.21. The number of hydrogen-bond acceptors (Lipinski definition) is 3. The minimum absolute atomic E-state index is 0.636. The summed E-state index contributed by atoms with van der Waals surface area (Å²) < 4.78 is 40.1. The molecule has 0 bridgehead atoms. The van der Waals surface area contributed by atoms with E-state index in [-0.39, 0.29) is 0 Å². The van der Waals surface area contributed by atoms with Crippen molar-refractivity contribution in [2.75, 3.05) is 6.54 Å². The van der Waals surface area contributed by atoms with Crippen LogP contribution in [0.3, 0.4) is 0 Å². The maximum Gasteiger partial charge on any atom is 0.433 e. The van der Waals surface area contributed by atoms with Crippen LogP contribution < -0.4 is 5.32 Å². The van der Waals surface area contributed by atoms with Crippen LogP contribution in [0.15, 0.2) is 36.8 Å². The molecule has 25 heavy (non-hydrogen) atoms. The Morgan fingerprint density at radius 2 is 2.04 bits per heavy atom. The fourth-order valence-electron chi connectivity index (χ4n) is 3.46. The lowest BCUT2D eigenvalue weighted by Crippen LogP contribution is -2.24. The van der Waals surface area contributed by atoms with Crippen molar-refractivity contribution in [2.45, 2.75) is 32.1 Å². The predicted molar refractivity (Wildman–Crippen MR) is 88.1 cm³/mol. The summed E-state index contributed by atoms with van der Waals surface area (Å²) in [5.74, 6) is 0. The first-order chi connectivity index (χ1) is 12.0. The summed E-state index contributed by atoms with van der Waals surface area (Å²) in [4.78, 5) is 7.77. The van der Waals surface area contributed by atoms with Gasteiger partial charge in [0.05, 0.1) is 5.52 Å². The Labute approximate surface area is 142 Å². The fraction of sp³-hybridized carbons (Fsp3) is 0.333. The third-order valence-electron chi connectivity index (χ3n) is 4.67. The second-order valence-electron chi connectivity index (χ2n) is 6.20. The van der Waals surface area contributed by atoms with Crippen LogP contribution >= 0.6 is 0 Å². The molecular formula is C18H17F3N4. The van der Waals surface area contributed by atoms with Crippen LogP contribution in [0.5, 0.6) is 0 Å². The van der Waals surface area contributed by atoms with Crippen molar-refractivity contribution in [3.05, 3.63) is 59.3 Å². The summed E-state index contributed by atoms with van der Waals surface area (Å²) in [5, 5.41) is 4.53. The zero-order valence-electron chi connectivity index (χ0n) is 13.5. The highest BCUT2D eigenvalue weighted by Gasteiger charge is 2.32. The van der Waals surface area contributed by atoms with Gasteiger partial charge >= 0.3 is 6.18 Å². The quantitative estimate of drug-likeness (QED) is 0.791. The molecule has 0 amide bonds. The number of hydrogen-bond donors (Lipinski definition) is 1. The fourth-order valence-corrected chi connectivity index (χ4v) is 3.46. The standard InChI is InChI=1S/C18H17F3N4/c19-18(20,21)17-2-1-12(9-24-17)5-8-25-15-3-6-22-10-13(15)14-11-23-7-4-16(14)25/h1-3,6,9-10,23H,4-5,7-8,11H2. The summed E-state index contributed by atoms with van der Waals surface area (Å²) in [6.45, 7) is 2.47. The number of rotatable bonds is 3. The molecule has 0 radical (unpaired) electrons. The molecule has 4 heterocycles. The van der Waals surface area contributed by atoms with E-state index in [2.05, 4.69) is 19.9 Å². The topological polar surface area (TPSA) is 42.7 Å². The Bertz CT molecular complexity index is 897. The van der Waals surface area contributed by atoms with E-state index in [1.807, 2.05) is 12.3 Å². The Kier molecular flexibility index (Phi) is 3.95. The molecule has 130 valence electrons. The highest BCUT2D eigenvalue weighted by Crippen LogP contribution is 2.29. The average molecular weight is 346 g/mol. The highest BCUT2D eigenvalue weighted by molar-refractivity contribution is 5.84. The Balaban J connectivity index is 1.61. The van der Waals surface area contributed by atoms with E-state index in [4.69, 9.17) is 0 Å². The zero-order chi connectivity index (χ0) is 17.4. The lowest BCUT2D eigenvalue weighted by molar-refractivity contribution is -0.141. The Morgan fingerprint density at radius 1 is 1.16 bits per heavy atom. The molecule has 0 saturated carbocycles. The molecule has 0 spiro atoms. The average Bonchev–Trinajstić information content (AvgIpc) is 2.94. The summed E-state index contributed by atoms with van der Waals surface area (Å²) in [6, 6.07) is 4.56. The van der Waals surface area contributed by atoms with Gasteiger partial charge in [-0.2, -0.15) is 13.2 Å². The first-order valence-electron chi connectivity index (χ1n) is 8.21. The Morgan fingerprint density at radius 3 is 2.80 bits per heavy atom. The van der Waals surface area contributed by atoms with E-state index in [0.717, 1.165) is 42.0 Å². The summed E-state index contributed by atoms with van der Waals surface area (Å²) in [6.07, 6.45) is 2.17. The summed E-state index contributed by atoms with van der Waals surface area (Å²) in [7, 11) is 0. The monoisotopic (exact) mass is 346 g/mol. The van der Waals surface area contributed by atoms with Gasteiger partial charge in [0.25, 0.3) is 0 Å². The van der Waals surface area contributed by atoms with Crippen molar-refractivity contribution in [1.82, 2.24) is 19.9 Å². The second kappa shape index (κ2) is 6.15. The van der Waals surface area contributed by atoms with Crippen LogP contribution in [0.25, 0.3) is 10.9 Å². The summed E-state index contributed by atoms with van der Waals surface area (Å²) in [5.41, 5.74) is 3.65. The molecule has 0 aliphatic carbocycles. The van der Waals surface area contributed by atoms with Crippen LogP contribution in [0.1, 0.15) is 22.5 Å². The molecule has 4 nitrogen and oxygen atoms in total. The molecular weight excluding hydrogens is 329 g/mol. The molecule has 0 unspecified atom stereocenters. The van der Waals surface area contributed by atoms with E-state index >= 15 is 0 Å². The van der Waals surface area contributed by atoms with Crippen LogP contribution in [-0.2, 0) is 32.1 Å². The number of aryl methyl sites for hydroxylation is 2. The van der Waals surface area contributed by atoms with Gasteiger partial charge in [0, 0.05) is 55.7 Å². The second-order valence-corrected chi connectivity index (χ2v) is 6.20. The highest BCUT2D eigenvalue weighted by atomic mass is 19.4. The van der Waals surface area contributed by atoms with Gasteiger partial charge in [0.2, 0.25) is 0 Å². The lowest BCUT2D eigenvalue weighted by Gasteiger charge is -2.17. The molecule has 0 atom stereocenters. The number of halogens is 3. The van der Waals surface area contributed by atoms with Crippen LogP contribution in [-0.4, -0.2) is 21.1 Å². The maximum absolute atomic E-state index is 12.6. The van der Waals surface area contributed by atoms with Crippen LogP contribution in [0.4, 0.5) is 13.2 Å². The van der Waals surface area contributed by atoms with Gasteiger partial charge in [0.15, 0.2) is 0 Å². The van der Waals surface area contributed by atoms with Gasteiger partial charge in [-0.15, -0.1) is 0 Å². The first kappa shape index (κ1) is 16.1. The molecule has 1 aliphatic rings. The third-order valence-corrected chi connectivity index (χ3v) is 4.67. The molecule has 3 aromatic heterocycles. The third kappa shape index (κ3) is 3.00. The van der Waals surface area contributed by atoms with E-state index in [1.165, 1.54) is 23.5 Å². The van der Waals surface area contributed by atoms with E-state index in [9.17, 15) is 13.2 Å². The molecule has 0 aromatic carbocycles. The predicted octanol–water partition coefficient (Wildman–Crippen LogP) is 3.34. The smallest absolute Gasteiger partial charge is 0.344 e. The molecule has 4 rings (SSSR count). The van der Waals surface area contributed by atoms with E-state index in [1.54, 1.807) is 6.20 Å². The van der Waals surface area contributed by atoms with Crippen molar-refractivity contribution in [2.24, 2.45) is 0 Å². The van der Waals surface area contributed by atoms with Gasteiger partial charge in [0.1, 0.15) is 5.69 Å². The van der Waals surface area contributed by atoms with Gasteiger partial charge < -0.3 is 9.88 Å². The number of nitrogens with one attached hydrogen (secondary N) is 1. The van der Waals surface area contributed by atoms with Crippen molar-refractivity contribution in [1.29, 1.82) is 0 Å². The minimum Gasteiger partial charge on any atom is -0.344 e. The largest absolute Gasteiger partial charge is 0.433 e. The van der Waals surface area contributed by atoms with Crippen LogP contribution in [0, 0.1) is 0 Å². The van der Waals surface area contributed by atoms with Gasteiger partial charge in [-0.05, 0) is 29.7 Å². The number of fused-ring (bicyclic) bond motifs is 3. The van der Waals surface area contributed by atoms with Crippen LogP contribution in [0.2, 0.25) is 0 Å². The molecule has 7 heteroatoms. The molecule has 0 saturated heterocycles. The van der Waals surface area contributed by atoms with Gasteiger partial charge in [-0.3, -0.25) is 9.97 Å². The number of aromatic nitrogens is 3. The van der Waals surface area contributed by atoms with Crippen molar-refractivity contribution >= 4 is 10.9 Å². The normalized spacial score (nSPS) is 14.7. The van der Waals surface area contributed by atoms with Gasteiger partial charge in [-0.1, -0.05) is 6.07 Å². The van der Waals surface area contributed by atoms with E-state index in [0.29, 0.717) is 13.0 Å². The zero-order valence-corrected chi connectivity index (χ0v) is 13.5. The maximum atomic E-state index is 12.6. The molecule has 0 fully saturated rings. The molecule has 3 aromatic rings. The SMILES string of the molecule is FC(F)(F)c1ccc(CCn2c3c(c4cnccc42)CNCC3)cn1. The summed E-state index contributed by atoms with van der Waals surface area (Å²) >= 11 is 0. The number of pyridine rings is 2. The van der Waals surface area contributed by atoms with Crippen molar-refractivity contribution < 1.29 is 13.2 Å². The minimum atomic E-state index is -4.39. The lowest BCUT2D eigenvalue weighted by atomic mass is 10.1. The number of alkyl halides is 3. The van der Waals surface area contributed by atoms with Crippen molar-refractivity contribution in [3.63, 3.8) is 0 Å². The molecule has 1 aliphatic heterocycles. The van der Waals surface area contributed by atoms with E-state index < -0.39 is 11.9 Å². The Hall–Kier alpha value is -2.41. The van der Waals surface area contributed by atoms with Crippen molar-refractivity contribution in [3.8, 4) is 0 Å². The van der Waals surface area contributed by atoms with Gasteiger partial charge in [-0.25, -0.2) is 0 Å². The number of nitrogens with zero attached hydrogens (tertiary/aromatic N) is 3.